The van der Waals surface area contributed by atoms with Crippen LogP contribution in [0.4, 0.5) is 5.82 Å². The van der Waals surface area contributed by atoms with Crippen LogP contribution in [-0.4, -0.2) is 29.2 Å². The molecule has 5 heteroatoms. The second-order valence-electron chi connectivity index (χ2n) is 6.02. The van der Waals surface area contributed by atoms with Gasteiger partial charge in [0.05, 0.1) is 5.56 Å². The quantitative estimate of drug-likeness (QED) is 0.803. The van der Waals surface area contributed by atoms with Crippen molar-refractivity contribution in [3.8, 4) is 11.8 Å². The van der Waals surface area contributed by atoms with Gasteiger partial charge >= 0.3 is 0 Å². The largest absolute Gasteiger partial charge is 0.490 e. The molecule has 0 spiro atoms. The molecule has 0 atom stereocenters. The molecule has 0 bridgehead atoms. The van der Waals surface area contributed by atoms with Crippen LogP contribution in [0.3, 0.4) is 0 Å². The Morgan fingerprint density at radius 1 is 1.17 bits per heavy atom. The Kier molecular flexibility index (Phi) is 3.80. The fraction of sp³-hybridized carbons (Fsp3) is 0.263. The highest BCUT2D eigenvalue weighted by atomic mass is 16.5. The van der Waals surface area contributed by atoms with Crippen LogP contribution in [0.1, 0.15) is 18.4 Å². The minimum absolute atomic E-state index is 0.222. The number of nitrogens with one attached hydrogen (secondary N) is 1. The molecular weight excluding hydrogens is 300 g/mol. The number of piperidine rings is 1. The summed E-state index contributed by atoms with van der Waals surface area (Å²) in [6.07, 6.45) is 5.71. The lowest BCUT2D eigenvalue weighted by atomic mass is 10.1. The number of fused-ring (bicyclic) bond motifs is 1. The maximum atomic E-state index is 8.85. The van der Waals surface area contributed by atoms with E-state index >= 15 is 0 Å². The molecule has 2 aromatic heterocycles. The average Bonchev–Trinajstić information content (AvgIpc) is 3.12. The van der Waals surface area contributed by atoms with Gasteiger partial charge in [0.15, 0.2) is 0 Å². The van der Waals surface area contributed by atoms with Crippen molar-refractivity contribution in [1.82, 2.24) is 9.97 Å². The highest BCUT2D eigenvalue weighted by Crippen LogP contribution is 2.28. The van der Waals surface area contributed by atoms with E-state index in [4.69, 9.17) is 10.00 Å². The van der Waals surface area contributed by atoms with Crippen LogP contribution in [0, 0.1) is 11.3 Å². The zero-order valence-electron chi connectivity index (χ0n) is 13.3. The van der Waals surface area contributed by atoms with Crippen LogP contribution < -0.4 is 9.64 Å². The molecule has 4 rings (SSSR count). The van der Waals surface area contributed by atoms with E-state index in [1.165, 1.54) is 0 Å². The number of aromatic amines is 1. The first-order valence-corrected chi connectivity index (χ1v) is 8.17. The highest BCUT2D eigenvalue weighted by molar-refractivity contribution is 5.85. The van der Waals surface area contributed by atoms with Gasteiger partial charge in [0.25, 0.3) is 0 Å². The number of rotatable bonds is 3. The van der Waals surface area contributed by atoms with Crippen molar-refractivity contribution in [3.05, 3.63) is 54.4 Å². The molecule has 1 aliphatic rings. The van der Waals surface area contributed by atoms with Gasteiger partial charge in [-0.2, -0.15) is 5.26 Å². The van der Waals surface area contributed by atoms with Crippen molar-refractivity contribution in [2.24, 2.45) is 0 Å². The van der Waals surface area contributed by atoms with Crippen molar-refractivity contribution in [3.63, 3.8) is 0 Å². The molecule has 120 valence electrons. The van der Waals surface area contributed by atoms with E-state index in [9.17, 15) is 0 Å². The molecule has 1 saturated heterocycles. The molecule has 1 aromatic carbocycles. The van der Waals surface area contributed by atoms with Crippen LogP contribution in [0.2, 0.25) is 0 Å². The van der Waals surface area contributed by atoms with Crippen molar-refractivity contribution in [1.29, 1.82) is 5.26 Å². The predicted octanol–water partition coefficient (Wildman–Crippen LogP) is 3.48. The Morgan fingerprint density at radius 2 is 2.04 bits per heavy atom. The number of nitrogens with zero attached hydrogens (tertiary/aromatic N) is 3. The summed E-state index contributed by atoms with van der Waals surface area (Å²) < 4.78 is 6.24. The maximum absolute atomic E-state index is 8.85. The Balaban J connectivity index is 1.41. The first kappa shape index (κ1) is 14.6. The van der Waals surface area contributed by atoms with Crippen molar-refractivity contribution < 1.29 is 4.74 Å². The molecule has 1 N–H and O–H groups in total. The van der Waals surface area contributed by atoms with Crippen molar-refractivity contribution >= 4 is 16.7 Å². The van der Waals surface area contributed by atoms with E-state index < -0.39 is 0 Å². The van der Waals surface area contributed by atoms with Gasteiger partial charge in [-0.3, -0.25) is 0 Å². The van der Waals surface area contributed by atoms with Gasteiger partial charge in [0.1, 0.15) is 23.7 Å². The third-order valence-electron chi connectivity index (χ3n) is 4.49. The van der Waals surface area contributed by atoms with E-state index in [1.54, 1.807) is 6.20 Å². The van der Waals surface area contributed by atoms with Gasteiger partial charge in [-0.25, -0.2) is 4.98 Å². The first-order chi connectivity index (χ1) is 11.8. The number of pyridine rings is 1. The molecular formula is C19H18N4O. The molecule has 1 aliphatic heterocycles. The number of anilines is 1. The first-order valence-electron chi connectivity index (χ1n) is 8.17. The van der Waals surface area contributed by atoms with Crippen molar-refractivity contribution in [2.45, 2.75) is 18.9 Å². The summed E-state index contributed by atoms with van der Waals surface area (Å²) in [5, 5.41) is 9.98. The molecule has 0 amide bonds. The number of H-pyrrole nitrogens is 1. The van der Waals surface area contributed by atoms with E-state index in [-0.39, 0.29) is 6.10 Å². The van der Waals surface area contributed by atoms with Gasteiger partial charge in [-0.1, -0.05) is 6.07 Å². The molecule has 3 aromatic rings. The Morgan fingerprint density at radius 3 is 2.79 bits per heavy atom. The number of benzene rings is 1. The van der Waals surface area contributed by atoms with Crippen LogP contribution in [0.15, 0.2) is 48.8 Å². The topological polar surface area (TPSA) is 64.9 Å². The summed E-state index contributed by atoms with van der Waals surface area (Å²) in [7, 11) is 0. The fourth-order valence-electron chi connectivity index (χ4n) is 3.18. The Bertz CT molecular complexity index is 870. The second kappa shape index (κ2) is 6.25. The lowest BCUT2D eigenvalue weighted by molar-refractivity contribution is 0.173. The Hall–Kier alpha value is -3.00. The zero-order valence-corrected chi connectivity index (χ0v) is 13.3. The molecule has 1 fully saturated rings. The molecule has 24 heavy (non-hydrogen) atoms. The fourth-order valence-corrected chi connectivity index (χ4v) is 3.18. The molecule has 5 nitrogen and oxygen atoms in total. The molecule has 0 unspecified atom stereocenters. The summed E-state index contributed by atoms with van der Waals surface area (Å²) in [5.74, 6) is 1.88. The summed E-state index contributed by atoms with van der Waals surface area (Å²) in [6, 6.07) is 14.0. The van der Waals surface area contributed by atoms with Gasteiger partial charge in [0, 0.05) is 49.2 Å². The lowest BCUT2D eigenvalue weighted by Crippen LogP contribution is -2.38. The summed E-state index contributed by atoms with van der Waals surface area (Å²) >= 11 is 0. The standard InChI is InChI=1S/C19H18N4O/c20-12-14-4-5-19(22-13-14)23-10-7-15(8-11-23)24-18-3-1-2-17-16(18)6-9-21-17/h1-6,9,13,15,21H,7-8,10-11H2. The van der Waals surface area contributed by atoms with Crippen LogP contribution in [-0.2, 0) is 0 Å². The van der Waals surface area contributed by atoms with Crippen LogP contribution in [0.5, 0.6) is 5.75 Å². The predicted molar refractivity (Wildman–Crippen MR) is 93.1 cm³/mol. The Labute approximate surface area is 140 Å². The number of aromatic nitrogens is 2. The van der Waals surface area contributed by atoms with Crippen molar-refractivity contribution in [2.75, 3.05) is 18.0 Å². The minimum Gasteiger partial charge on any atom is -0.490 e. The third kappa shape index (κ3) is 2.79. The third-order valence-corrected chi connectivity index (χ3v) is 4.49. The average molecular weight is 318 g/mol. The van der Waals surface area contributed by atoms with Gasteiger partial charge in [0.2, 0.25) is 0 Å². The van der Waals surface area contributed by atoms with E-state index in [0.29, 0.717) is 5.56 Å². The lowest BCUT2D eigenvalue weighted by Gasteiger charge is -2.33. The minimum atomic E-state index is 0.222. The number of hydrogen-bond acceptors (Lipinski definition) is 4. The smallest absolute Gasteiger partial charge is 0.129 e. The van der Waals surface area contributed by atoms with Gasteiger partial charge < -0.3 is 14.6 Å². The van der Waals surface area contributed by atoms with E-state index in [2.05, 4.69) is 33.1 Å². The molecule has 0 radical (unpaired) electrons. The van der Waals surface area contributed by atoms with E-state index in [0.717, 1.165) is 48.4 Å². The summed E-state index contributed by atoms with van der Waals surface area (Å²) in [4.78, 5) is 9.84. The molecule has 0 saturated carbocycles. The molecule has 0 aliphatic carbocycles. The van der Waals surface area contributed by atoms with Gasteiger partial charge in [-0.15, -0.1) is 0 Å². The summed E-state index contributed by atoms with van der Waals surface area (Å²) in [5.41, 5.74) is 1.70. The van der Waals surface area contributed by atoms with Gasteiger partial charge in [-0.05, 0) is 30.3 Å². The second-order valence-corrected chi connectivity index (χ2v) is 6.02. The van der Waals surface area contributed by atoms with Crippen LogP contribution in [0.25, 0.3) is 10.9 Å². The van der Waals surface area contributed by atoms with E-state index in [1.807, 2.05) is 30.5 Å². The monoisotopic (exact) mass is 318 g/mol. The maximum Gasteiger partial charge on any atom is 0.129 e. The zero-order chi connectivity index (χ0) is 16.4. The number of ether oxygens (including phenoxy) is 1. The number of nitriles is 1. The number of hydrogen-bond donors (Lipinski definition) is 1. The normalized spacial score (nSPS) is 15.4. The highest BCUT2D eigenvalue weighted by Gasteiger charge is 2.22. The summed E-state index contributed by atoms with van der Waals surface area (Å²) in [6.45, 7) is 1.82. The van der Waals surface area contributed by atoms with Crippen LogP contribution >= 0.6 is 0 Å². The SMILES string of the molecule is N#Cc1ccc(N2CCC(Oc3cccc4[nH]ccc34)CC2)nc1. The molecule has 3 heterocycles.